The number of aryl methyl sites for hydroxylation is 1. The molecule has 0 fully saturated rings. The highest BCUT2D eigenvalue weighted by molar-refractivity contribution is 7.09. The molecule has 0 aliphatic carbocycles. The lowest BCUT2D eigenvalue weighted by Crippen LogP contribution is -2.31. The summed E-state index contributed by atoms with van der Waals surface area (Å²) in [6, 6.07) is 2.09. The zero-order valence-corrected chi connectivity index (χ0v) is 15.3. The largest absolute Gasteiger partial charge is 0.346 e. The van der Waals surface area contributed by atoms with E-state index in [-0.39, 0.29) is 18.0 Å². The molecule has 1 amide bonds. The number of hydrogen-bond donors (Lipinski definition) is 1. The second-order valence-electron chi connectivity index (χ2n) is 5.85. The highest BCUT2D eigenvalue weighted by Crippen LogP contribution is 2.24. The van der Waals surface area contributed by atoms with Crippen molar-refractivity contribution in [1.29, 1.82) is 0 Å². The lowest BCUT2D eigenvalue weighted by Gasteiger charge is -2.18. The fourth-order valence-electron chi connectivity index (χ4n) is 2.53. The maximum Gasteiger partial charge on any atom is 0.222 e. The first kappa shape index (κ1) is 16.9. The molecule has 3 aromatic heterocycles. The van der Waals surface area contributed by atoms with E-state index in [0.717, 1.165) is 17.1 Å². The van der Waals surface area contributed by atoms with Crippen molar-refractivity contribution in [2.75, 3.05) is 0 Å². The number of carbonyl (C=O) groups is 1. The highest BCUT2D eigenvalue weighted by Gasteiger charge is 2.20. The van der Waals surface area contributed by atoms with Gasteiger partial charge >= 0.3 is 0 Å². The number of nitrogens with one attached hydrogen (secondary N) is 1. The van der Waals surface area contributed by atoms with E-state index >= 15 is 0 Å². The molecule has 0 radical (unpaired) electrons. The minimum atomic E-state index is -0.0826. The molecule has 5 nitrogen and oxygen atoms in total. The summed E-state index contributed by atoms with van der Waals surface area (Å²) in [5, 5.41) is 10.3. The van der Waals surface area contributed by atoms with Gasteiger partial charge in [-0.1, -0.05) is 0 Å². The second kappa shape index (κ2) is 7.72. The third-order valence-electron chi connectivity index (χ3n) is 3.80. The van der Waals surface area contributed by atoms with Crippen LogP contribution >= 0.6 is 22.7 Å². The standard InChI is InChI=1S/C17H20N4OS2/c1-12-9-24-17(19-12)15(8-14-3-6-23-10-14)20-16(22)7-13(2)21-5-4-18-11-21/h3-6,9-11,13,15H,7-8H2,1-2H3,(H,20,22)/t13-,15+/m1/s1. The first-order chi connectivity index (χ1) is 11.6. The fraction of sp³-hybridized carbons (Fsp3) is 0.353. The molecule has 1 N–H and O–H groups in total. The Hall–Kier alpha value is -1.99. The van der Waals surface area contributed by atoms with Gasteiger partial charge < -0.3 is 9.88 Å². The topological polar surface area (TPSA) is 59.8 Å². The van der Waals surface area contributed by atoms with E-state index in [1.165, 1.54) is 5.56 Å². The third-order valence-corrected chi connectivity index (χ3v) is 5.61. The average molecular weight is 361 g/mol. The number of thiophene rings is 1. The number of hydrogen-bond acceptors (Lipinski definition) is 5. The van der Waals surface area contributed by atoms with Crippen molar-refractivity contribution in [1.82, 2.24) is 19.9 Å². The van der Waals surface area contributed by atoms with Crippen molar-refractivity contribution >= 4 is 28.6 Å². The minimum absolute atomic E-state index is 0.0317. The van der Waals surface area contributed by atoms with E-state index in [0.29, 0.717) is 6.42 Å². The molecule has 3 heterocycles. The Labute approximate surface area is 149 Å². The Morgan fingerprint density at radius 3 is 2.92 bits per heavy atom. The summed E-state index contributed by atoms with van der Waals surface area (Å²) in [5.41, 5.74) is 2.21. The molecule has 0 spiro atoms. The fourth-order valence-corrected chi connectivity index (χ4v) is 4.06. The van der Waals surface area contributed by atoms with E-state index < -0.39 is 0 Å². The number of rotatable bonds is 7. The van der Waals surface area contributed by atoms with Crippen LogP contribution < -0.4 is 5.32 Å². The van der Waals surface area contributed by atoms with Crippen LogP contribution in [0, 0.1) is 6.92 Å². The van der Waals surface area contributed by atoms with E-state index in [1.807, 2.05) is 30.0 Å². The lowest BCUT2D eigenvalue weighted by atomic mass is 10.1. The molecule has 2 atom stereocenters. The summed E-state index contributed by atoms with van der Waals surface area (Å²) in [6.07, 6.45) is 6.53. The van der Waals surface area contributed by atoms with Gasteiger partial charge in [0.15, 0.2) is 0 Å². The van der Waals surface area contributed by atoms with Gasteiger partial charge in [0.25, 0.3) is 0 Å². The molecule has 0 saturated carbocycles. The Bertz CT molecular complexity index is 764. The Balaban J connectivity index is 1.67. The Morgan fingerprint density at radius 2 is 2.29 bits per heavy atom. The van der Waals surface area contributed by atoms with Crippen LogP contribution in [0.5, 0.6) is 0 Å². The first-order valence-electron chi connectivity index (χ1n) is 7.81. The molecule has 0 aliphatic heterocycles. The number of carbonyl (C=O) groups excluding carboxylic acids is 1. The van der Waals surface area contributed by atoms with Crippen LogP contribution in [0.4, 0.5) is 0 Å². The maximum absolute atomic E-state index is 12.5. The molecular formula is C17H20N4OS2. The van der Waals surface area contributed by atoms with Crippen LogP contribution in [0.25, 0.3) is 0 Å². The zero-order chi connectivity index (χ0) is 16.9. The van der Waals surface area contributed by atoms with Gasteiger partial charge in [-0.15, -0.1) is 11.3 Å². The average Bonchev–Trinajstić information content (AvgIpc) is 3.29. The van der Waals surface area contributed by atoms with Crippen LogP contribution in [0.1, 0.15) is 41.7 Å². The van der Waals surface area contributed by atoms with Crippen molar-refractivity contribution in [3.63, 3.8) is 0 Å². The Morgan fingerprint density at radius 1 is 1.42 bits per heavy atom. The highest BCUT2D eigenvalue weighted by atomic mass is 32.1. The van der Waals surface area contributed by atoms with E-state index in [2.05, 4.69) is 32.1 Å². The maximum atomic E-state index is 12.5. The molecule has 24 heavy (non-hydrogen) atoms. The van der Waals surface area contributed by atoms with Gasteiger partial charge in [-0.25, -0.2) is 9.97 Å². The summed E-state index contributed by atoms with van der Waals surface area (Å²) in [6.45, 7) is 3.99. The number of nitrogens with zero attached hydrogens (tertiary/aromatic N) is 3. The van der Waals surface area contributed by atoms with Crippen LogP contribution in [0.15, 0.2) is 40.9 Å². The van der Waals surface area contributed by atoms with E-state index in [1.54, 1.807) is 35.2 Å². The van der Waals surface area contributed by atoms with Crippen LogP contribution in [0.3, 0.4) is 0 Å². The first-order valence-corrected chi connectivity index (χ1v) is 9.64. The summed E-state index contributed by atoms with van der Waals surface area (Å²) in [4.78, 5) is 21.1. The SMILES string of the molecule is Cc1csc([C@H](Cc2ccsc2)NC(=O)C[C@@H](C)n2ccnc2)n1. The predicted molar refractivity (Wildman–Crippen MR) is 97.3 cm³/mol. The van der Waals surface area contributed by atoms with Crippen LogP contribution in [-0.2, 0) is 11.2 Å². The van der Waals surface area contributed by atoms with Gasteiger partial charge in [0.2, 0.25) is 5.91 Å². The molecule has 126 valence electrons. The molecule has 7 heteroatoms. The molecule has 0 bridgehead atoms. The molecule has 0 aromatic carbocycles. The normalized spacial score (nSPS) is 13.6. The van der Waals surface area contributed by atoms with Crippen LogP contribution in [-0.4, -0.2) is 20.4 Å². The number of aromatic nitrogens is 3. The summed E-state index contributed by atoms with van der Waals surface area (Å²) in [7, 11) is 0. The van der Waals surface area contributed by atoms with Crippen molar-refractivity contribution < 1.29 is 4.79 Å². The molecular weight excluding hydrogens is 340 g/mol. The van der Waals surface area contributed by atoms with E-state index in [9.17, 15) is 4.79 Å². The minimum Gasteiger partial charge on any atom is -0.346 e. The number of amides is 1. The van der Waals surface area contributed by atoms with Crippen molar-refractivity contribution in [3.8, 4) is 0 Å². The quantitative estimate of drug-likeness (QED) is 0.698. The lowest BCUT2D eigenvalue weighted by molar-refractivity contribution is -0.122. The predicted octanol–water partition coefficient (Wildman–Crippen LogP) is 3.76. The second-order valence-corrected chi connectivity index (χ2v) is 7.52. The summed E-state index contributed by atoms with van der Waals surface area (Å²) >= 11 is 3.27. The molecule has 3 rings (SSSR count). The van der Waals surface area contributed by atoms with Gasteiger partial charge in [0.05, 0.1) is 12.4 Å². The Kier molecular flexibility index (Phi) is 5.42. The summed E-state index contributed by atoms with van der Waals surface area (Å²) < 4.78 is 1.95. The van der Waals surface area contributed by atoms with Gasteiger partial charge in [-0.2, -0.15) is 11.3 Å². The monoisotopic (exact) mass is 360 g/mol. The molecule has 3 aromatic rings. The zero-order valence-electron chi connectivity index (χ0n) is 13.7. The van der Waals surface area contributed by atoms with Crippen LogP contribution in [0.2, 0.25) is 0 Å². The van der Waals surface area contributed by atoms with Gasteiger partial charge in [0.1, 0.15) is 5.01 Å². The smallest absolute Gasteiger partial charge is 0.222 e. The molecule has 0 aliphatic rings. The summed E-state index contributed by atoms with van der Waals surface area (Å²) in [5.74, 6) is 0.0317. The molecule has 0 unspecified atom stereocenters. The third kappa shape index (κ3) is 4.30. The van der Waals surface area contributed by atoms with E-state index in [4.69, 9.17) is 0 Å². The van der Waals surface area contributed by atoms with Crippen molar-refractivity contribution in [2.24, 2.45) is 0 Å². The van der Waals surface area contributed by atoms with Gasteiger partial charge in [0, 0.05) is 42.4 Å². The van der Waals surface area contributed by atoms with Gasteiger partial charge in [-0.05, 0) is 36.2 Å². The molecule has 0 saturated heterocycles. The number of imidazole rings is 1. The van der Waals surface area contributed by atoms with Crippen molar-refractivity contribution in [3.05, 3.63) is 57.2 Å². The van der Waals surface area contributed by atoms with Gasteiger partial charge in [-0.3, -0.25) is 4.79 Å². The van der Waals surface area contributed by atoms with Crippen molar-refractivity contribution in [2.45, 2.75) is 38.8 Å². The number of thiazole rings is 1.